The van der Waals surface area contributed by atoms with Crippen molar-refractivity contribution in [1.29, 1.82) is 0 Å². The van der Waals surface area contributed by atoms with Crippen molar-refractivity contribution in [3.05, 3.63) is 35.4 Å². The Morgan fingerprint density at radius 3 is 1.31 bits per heavy atom. The minimum Gasteiger partial charge on any atom is -0.497 e. The van der Waals surface area contributed by atoms with Gasteiger partial charge in [-0.2, -0.15) is 0 Å². The number of nitrogens with one attached hydrogen (secondary N) is 2. The molecular weight excluding hydrogens is 332 g/mol. The van der Waals surface area contributed by atoms with Gasteiger partial charge in [-0.15, -0.1) is 0 Å². The molecule has 2 N–H and O–H groups in total. The Balaban J connectivity index is 1.96. The van der Waals surface area contributed by atoms with Gasteiger partial charge in [-0.05, 0) is 13.8 Å². The first-order valence-corrected chi connectivity index (χ1v) is 8.51. The van der Waals surface area contributed by atoms with Crippen LogP contribution in [0.5, 0.6) is 23.0 Å². The van der Waals surface area contributed by atoms with Gasteiger partial charge < -0.3 is 29.6 Å². The van der Waals surface area contributed by atoms with Crippen LogP contribution in [0.15, 0.2) is 24.3 Å². The lowest BCUT2D eigenvalue weighted by Gasteiger charge is -2.36. The molecule has 0 radical (unpaired) electrons. The number of rotatable bonds is 4. The van der Waals surface area contributed by atoms with Gasteiger partial charge in [0.1, 0.15) is 23.0 Å². The fourth-order valence-electron chi connectivity index (χ4n) is 4.38. The van der Waals surface area contributed by atoms with E-state index in [1.807, 2.05) is 24.3 Å². The number of benzene rings is 2. The molecule has 2 atom stereocenters. The van der Waals surface area contributed by atoms with Gasteiger partial charge in [0.15, 0.2) is 0 Å². The monoisotopic (exact) mass is 356 g/mol. The lowest BCUT2D eigenvalue weighted by atomic mass is 9.76. The second kappa shape index (κ2) is 5.37. The molecule has 26 heavy (non-hydrogen) atoms. The van der Waals surface area contributed by atoms with Gasteiger partial charge >= 0.3 is 0 Å². The topological polar surface area (TPSA) is 61.0 Å². The average molecular weight is 356 g/mol. The summed E-state index contributed by atoms with van der Waals surface area (Å²) in [5.41, 5.74) is 3.26. The normalized spacial score (nSPS) is 24.7. The van der Waals surface area contributed by atoms with Gasteiger partial charge in [0, 0.05) is 46.8 Å². The molecule has 0 bridgehead atoms. The Kier molecular flexibility index (Phi) is 3.45. The third-order valence-electron chi connectivity index (χ3n) is 5.83. The number of anilines is 2. The number of hydrogen-bond acceptors (Lipinski definition) is 6. The molecule has 138 valence electrons. The van der Waals surface area contributed by atoms with Crippen molar-refractivity contribution in [2.24, 2.45) is 0 Å². The maximum atomic E-state index is 5.70. The van der Waals surface area contributed by atoms with Gasteiger partial charge in [0.05, 0.1) is 39.5 Å². The molecule has 0 aliphatic carbocycles. The first kappa shape index (κ1) is 16.7. The molecule has 0 saturated carbocycles. The zero-order valence-corrected chi connectivity index (χ0v) is 15.9. The van der Waals surface area contributed by atoms with Crippen LogP contribution in [0.2, 0.25) is 0 Å². The summed E-state index contributed by atoms with van der Waals surface area (Å²) in [5, 5.41) is 7.38. The molecule has 0 fully saturated rings. The second-order valence-corrected chi connectivity index (χ2v) is 7.00. The predicted octanol–water partition coefficient (Wildman–Crippen LogP) is 3.70. The molecule has 0 aromatic heterocycles. The first-order valence-electron chi connectivity index (χ1n) is 8.51. The van der Waals surface area contributed by atoms with E-state index in [1.165, 1.54) is 0 Å². The maximum Gasteiger partial charge on any atom is 0.130 e. The molecule has 0 unspecified atom stereocenters. The van der Waals surface area contributed by atoms with Crippen molar-refractivity contribution in [3.63, 3.8) is 0 Å². The van der Waals surface area contributed by atoms with Gasteiger partial charge in [-0.25, -0.2) is 0 Å². The highest BCUT2D eigenvalue weighted by molar-refractivity contribution is 5.83. The highest BCUT2D eigenvalue weighted by atomic mass is 16.5. The van der Waals surface area contributed by atoms with E-state index in [-0.39, 0.29) is 0 Å². The van der Waals surface area contributed by atoms with Crippen LogP contribution in [0, 0.1) is 0 Å². The lowest BCUT2D eigenvalue weighted by molar-refractivity contribution is 0.335. The van der Waals surface area contributed by atoms with Crippen LogP contribution < -0.4 is 29.6 Å². The minimum atomic E-state index is -0.429. The Morgan fingerprint density at radius 1 is 0.615 bits per heavy atom. The molecular formula is C20H24N2O4. The van der Waals surface area contributed by atoms with E-state index in [4.69, 9.17) is 18.9 Å². The summed E-state index contributed by atoms with van der Waals surface area (Å²) in [6.45, 7) is 4.35. The van der Waals surface area contributed by atoms with E-state index >= 15 is 0 Å². The second-order valence-electron chi connectivity index (χ2n) is 7.00. The summed E-state index contributed by atoms with van der Waals surface area (Å²) in [7, 11) is 6.67. The van der Waals surface area contributed by atoms with E-state index in [1.54, 1.807) is 28.4 Å². The zero-order chi connectivity index (χ0) is 18.7. The molecule has 2 aliphatic heterocycles. The van der Waals surface area contributed by atoms with E-state index in [2.05, 4.69) is 24.5 Å². The molecule has 2 heterocycles. The van der Waals surface area contributed by atoms with E-state index in [0.717, 1.165) is 45.5 Å². The summed E-state index contributed by atoms with van der Waals surface area (Å²) in [5.74, 6) is 3.07. The fourth-order valence-corrected chi connectivity index (χ4v) is 4.38. The molecule has 0 saturated heterocycles. The van der Waals surface area contributed by atoms with Crippen LogP contribution in [0.1, 0.15) is 25.0 Å². The summed E-state index contributed by atoms with van der Waals surface area (Å²) >= 11 is 0. The van der Waals surface area contributed by atoms with E-state index in [0.29, 0.717) is 0 Å². The standard InChI is InChI=1S/C20H24N2O4/c1-19-17-13(7-11(23-3)9-15(17)25-5)22-20(19,2)18-14(21-19)8-12(24-4)10-16(18)26-6/h7-10,21-22H,1-6H3/t19-,20-/m1/s1. The molecule has 0 amide bonds. The van der Waals surface area contributed by atoms with Crippen LogP contribution in [0.3, 0.4) is 0 Å². The van der Waals surface area contributed by atoms with E-state index < -0.39 is 11.1 Å². The van der Waals surface area contributed by atoms with Crippen LogP contribution >= 0.6 is 0 Å². The highest BCUT2D eigenvalue weighted by Crippen LogP contribution is 2.63. The Hall–Kier alpha value is -2.76. The minimum absolute atomic E-state index is 0.429. The molecule has 2 aliphatic rings. The quantitative estimate of drug-likeness (QED) is 0.871. The van der Waals surface area contributed by atoms with E-state index in [9.17, 15) is 0 Å². The van der Waals surface area contributed by atoms with Crippen LogP contribution in [-0.2, 0) is 11.1 Å². The van der Waals surface area contributed by atoms with Crippen molar-refractivity contribution in [3.8, 4) is 23.0 Å². The molecule has 2 aromatic rings. The van der Waals surface area contributed by atoms with Crippen LogP contribution in [0.4, 0.5) is 11.4 Å². The zero-order valence-electron chi connectivity index (χ0n) is 15.9. The lowest BCUT2D eigenvalue weighted by Crippen LogP contribution is -2.45. The molecule has 4 rings (SSSR count). The SMILES string of the molecule is COc1cc2c(c(OC)c1)[C@@]1(C)Nc3cc(OC)cc(OC)c3[C@@]1(C)N2. The summed E-state index contributed by atoms with van der Waals surface area (Å²) in [6, 6.07) is 7.84. The van der Waals surface area contributed by atoms with Crippen molar-refractivity contribution in [2.45, 2.75) is 24.9 Å². The van der Waals surface area contributed by atoms with Crippen LogP contribution in [0.25, 0.3) is 0 Å². The number of methoxy groups -OCH3 is 4. The summed E-state index contributed by atoms with van der Waals surface area (Å²) in [6.07, 6.45) is 0. The molecule has 6 heteroatoms. The third-order valence-corrected chi connectivity index (χ3v) is 5.83. The largest absolute Gasteiger partial charge is 0.497 e. The maximum absolute atomic E-state index is 5.70. The fraction of sp³-hybridized carbons (Fsp3) is 0.400. The predicted molar refractivity (Wildman–Crippen MR) is 101 cm³/mol. The molecule has 2 aromatic carbocycles. The number of fused-ring (bicyclic) bond motifs is 5. The molecule has 0 spiro atoms. The Morgan fingerprint density at radius 2 is 1.00 bits per heavy atom. The summed E-state index contributed by atoms with van der Waals surface area (Å²) in [4.78, 5) is 0. The first-order chi connectivity index (χ1) is 12.4. The summed E-state index contributed by atoms with van der Waals surface area (Å²) < 4.78 is 22.3. The van der Waals surface area contributed by atoms with Gasteiger partial charge in [0.2, 0.25) is 0 Å². The Labute approximate surface area is 153 Å². The van der Waals surface area contributed by atoms with Crippen molar-refractivity contribution < 1.29 is 18.9 Å². The van der Waals surface area contributed by atoms with Crippen molar-refractivity contribution in [1.82, 2.24) is 0 Å². The van der Waals surface area contributed by atoms with Crippen molar-refractivity contribution in [2.75, 3.05) is 39.1 Å². The van der Waals surface area contributed by atoms with Crippen molar-refractivity contribution >= 4 is 11.4 Å². The average Bonchev–Trinajstić information content (AvgIpc) is 3.00. The molecule has 6 nitrogen and oxygen atoms in total. The smallest absolute Gasteiger partial charge is 0.130 e. The van der Waals surface area contributed by atoms with Gasteiger partial charge in [-0.1, -0.05) is 0 Å². The third kappa shape index (κ3) is 1.87. The Bertz CT molecular complexity index is 824. The van der Waals surface area contributed by atoms with Gasteiger partial charge in [-0.3, -0.25) is 0 Å². The highest BCUT2D eigenvalue weighted by Gasteiger charge is 2.61. The number of hydrogen-bond donors (Lipinski definition) is 2. The van der Waals surface area contributed by atoms with Gasteiger partial charge in [0.25, 0.3) is 0 Å². The number of ether oxygens (including phenoxy) is 4. The van der Waals surface area contributed by atoms with Crippen LogP contribution in [-0.4, -0.2) is 28.4 Å².